The topological polar surface area (TPSA) is 24.1 Å². The zero-order valence-electron chi connectivity index (χ0n) is 20.0. The van der Waals surface area contributed by atoms with Crippen LogP contribution in [0.4, 0.5) is 5.69 Å². The van der Waals surface area contributed by atoms with Crippen molar-refractivity contribution in [3.05, 3.63) is 173 Å². The lowest BCUT2D eigenvalue weighted by Crippen LogP contribution is -2.34. The molecule has 0 unspecified atom stereocenters. The van der Waals surface area contributed by atoms with Gasteiger partial charge in [0.1, 0.15) is 0 Å². The summed E-state index contributed by atoms with van der Waals surface area (Å²) in [6.45, 7) is 0. The molecule has 0 heterocycles. The third kappa shape index (κ3) is 5.85. The van der Waals surface area contributed by atoms with Crippen LogP contribution in [0.2, 0.25) is 5.02 Å². The summed E-state index contributed by atoms with van der Waals surface area (Å²) in [6.07, 6.45) is 0. The molecule has 2 atom stereocenters. The van der Waals surface area contributed by atoms with Gasteiger partial charge in [-0.1, -0.05) is 133 Å². The maximum absolute atomic E-state index is 6.28. The first-order valence-corrected chi connectivity index (χ1v) is 12.6. The van der Waals surface area contributed by atoms with E-state index in [-0.39, 0.29) is 18.1 Å². The van der Waals surface area contributed by atoms with Crippen molar-refractivity contribution in [3.63, 3.8) is 0 Å². The van der Waals surface area contributed by atoms with E-state index in [0.29, 0.717) is 0 Å². The molecular formula is C33H29ClN2. The molecule has 36 heavy (non-hydrogen) atoms. The molecule has 0 saturated heterocycles. The summed E-state index contributed by atoms with van der Waals surface area (Å²) in [5, 5.41) is 8.59. The molecule has 0 bridgehead atoms. The SMILES string of the molecule is Clc1ccc([C@H](Nc2ccccc2)[C@H](NC(c2ccccc2)c2ccccc2)c2ccccc2)cc1. The Morgan fingerprint density at radius 2 is 0.833 bits per heavy atom. The van der Waals surface area contributed by atoms with Crippen LogP contribution in [-0.4, -0.2) is 0 Å². The van der Waals surface area contributed by atoms with E-state index >= 15 is 0 Å². The van der Waals surface area contributed by atoms with E-state index in [0.717, 1.165) is 16.3 Å². The lowest BCUT2D eigenvalue weighted by Gasteiger charge is -2.34. The Bertz CT molecular complexity index is 1290. The van der Waals surface area contributed by atoms with Crippen molar-refractivity contribution in [1.82, 2.24) is 5.32 Å². The highest BCUT2D eigenvalue weighted by molar-refractivity contribution is 6.30. The van der Waals surface area contributed by atoms with Gasteiger partial charge in [-0.25, -0.2) is 0 Å². The van der Waals surface area contributed by atoms with Gasteiger partial charge in [-0.2, -0.15) is 0 Å². The van der Waals surface area contributed by atoms with Crippen LogP contribution < -0.4 is 10.6 Å². The van der Waals surface area contributed by atoms with Crippen molar-refractivity contribution < 1.29 is 0 Å². The number of para-hydroxylation sites is 1. The Kier molecular flexibility index (Phi) is 7.77. The average Bonchev–Trinajstić information content (AvgIpc) is 2.95. The minimum absolute atomic E-state index is 0.00461. The molecular weight excluding hydrogens is 460 g/mol. The summed E-state index contributed by atoms with van der Waals surface area (Å²) in [7, 11) is 0. The van der Waals surface area contributed by atoms with Gasteiger partial charge in [0, 0.05) is 10.7 Å². The number of hydrogen-bond acceptors (Lipinski definition) is 2. The fourth-order valence-corrected chi connectivity index (χ4v) is 4.77. The Morgan fingerprint density at radius 3 is 1.33 bits per heavy atom. The van der Waals surface area contributed by atoms with Gasteiger partial charge in [0.15, 0.2) is 0 Å². The molecule has 5 aromatic rings. The van der Waals surface area contributed by atoms with Gasteiger partial charge >= 0.3 is 0 Å². The maximum Gasteiger partial charge on any atom is 0.0709 e. The second kappa shape index (κ2) is 11.7. The van der Waals surface area contributed by atoms with E-state index in [1.54, 1.807) is 0 Å². The van der Waals surface area contributed by atoms with Gasteiger partial charge in [-0.05, 0) is 46.5 Å². The van der Waals surface area contributed by atoms with Crippen LogP contribution in [-0.2, 0) is 0 Å². The number of benzene rings is 5. The summed E-state index contributed by atoms with van der Waals surface area (Å²) in [6, 6.07) is 50.4. The molecule has 2 nitrogen and oxygen atoms in total. The molecule has 0 aliphatic carbocycles. The molecule has 0 spiro atoms. The van der Waals surface area contributed by atoms with Crippen LogP contribution in [0, 0.1) is 0 Å². The van der Waals surface area contributed by atoms with Crippen molar-refractivity contribution in [2.45, 2.75) is 18.1 Å². The zero-order chi connectivity index (χ0) is 24.6. The number of nitrogens with one attached hydrogen (secondary N) is 2. The van der Waals surface area contributed by atoms with E-state index in [2.05, 4.69) is 138 Å². The van der Waals surface area contributed by atoms with Crippen LogP contribution in [0.25, 0.3) is 0 Å². The first kappa shape index (κ1) is 23.9. The smallest absolute Gasteiger partial charge is 0.0709 e. The Balaban J connectivity index is 1.62. The summed E-state index contributed by atoms with van der Waals surface area (Å²) >= 11 is 6.28. The predicted molar refractivity (Wildman–Crippen MR) is 151 cm³/mol. The normalized spacial score (nSPS) is 12.7. The number of rotatable bonds is 9. The van der Waals surface area contributed by atoms with Gasteiger partial charge in [0.2, 0.25) is 0 Å². The Hall–Kier alpha value is -3.85. The second-order valence-corrected chi connectivity index (χ2v) is 9.29. The molecule has 0 aliphatic rings. The van der Waals surface area contributed by atoms with E-state index in [1.807, 2.05) is 18.2 Å². The third-order valence-corrected chi connectivity index (χ3v) is 6.68. The zero-order valence-corrected chi connectivity index (χ0v) is 20.7. The van der Waals surface area contributed by atoms with E-state index in [4.69, 9.17) is 11.6 Å². The molecule has 0 saturated carbocycles. The molecule has 0 aliphatic heterocycles. The Labute approximate surface area is 218 Å². The predicted octanol–water partition coefficient (Wildman–Crippen LogP) is 8.61. The highest BCUT2D eigenvalue weighted by Crippen LogP contribution is 2.36. The van der Waals surface area contributed by atoms with Crippen LogP contribution >= 0.6 is 11.6 Å². The third-order valence-electron chi connectivity index (χ3n) is 6.43. The Morgan fingerprint density at radius 1 is 0.417 bits per heavy atom. The molecule has 2 N–H and O–H groups in total. The summed E-state index contributed by atoms with van der Waals surface area (Å²) < 4.78 is 0. The summed E-state index contributed by atoms with van der Waals surface area (Å²) in [4.78, 5) is 0. The highest BCUT2D eigenvalue weighted by Gasteiger charge is 2.28. The highest BCUT2D eigenvalue weighted by atomic mass is 35.5. The van der Waals surface area contributed by atoms with Crippen molar-refractivity contribution in [3.8, 4) is 0 Å². The number of halogens is 1. The number of hydrogen-bond donors (Lipinski definition) is 2. The fraction of sp³-hybridized carbons (Fsp3) is 0.0909. The first-order chi connectivity index (χ1) is 17.8. The molecule has 0 aromatic heterocycles. The van der Waals surface area contributed by atoms with E-state index in [9.17, 15) is 0 Å². The van der Waals surface area contributed by atoms with Crippen molar-refractivity contribution in [2.75, 3.05) is 5.32 Å². The number of anilines is 1. The molecule has 5 rings (SSSR count). The van der Waals surface area contributed by atoms with Gasteiger partial charge in [0.25, 0.3) is 0 Å². The van der Waals surface area contributed by atoms with Gasteiger partial charge in [-0.3, -0.25) is 5.32 Å². The largest absolute Gasteiger partial charge is 0.376 e. The fourth-order valence-electron chi connectivity index (χ4n) is 4.64. The minimum atomic E-state index is -0.0537. The van der Waals surface area contributed by atoms with E-state index in [1.165, 1.54) is 16.7 Å². The van der Waals surface area contributed by atoms with Crippen molar-refractivity contribution in [1.29, 1.82) is 0 Å². The summed E-state index contributed by atoms with van der Waals surface area (Å²) in [5.74, 6) is 0. The van der Waals surface area contributed by atoms with Crippen molar-refractivity contribution in [2.24, 2.45) is 0 Å². The van der Waals surface area contributed by atoms with Gasteiger partial charge in [-0.15, -0.1) is 0 Å². The summed E-state index contributed by atoms with van der Waals surface area (Å²) in [5.41, 5.74) is 5.87. The van der Waals surface area contributed by atoms with Crippen molar-refractivity contribution >= 4 is 17.3 Å². The van der Waals surface area contributed by atoms with E-state index < -0.39 is 0 Å². The van der Waals surface area contributed by atoms with Crippen LogP contribution in [0.3, 0.4) is 0 Å². The monoisotopic (exact) mass is 488 g/mol. The maximum atomic E-state index is 6.28. The van der Waals surface area contributed by atoms with Gasteiger partial charge in [0.05, 0.1) is 18.1 Å². The quantitative estimate of drug-likeness (QED) is 0.217. The second-order valence-electron chi connectivity index (χ2n) is 8.85. The minimum Gasteiger partial charge on any atom is -0.376 e. The lowest BCUT2D eigenvalue weighted by molar-refractivity contribution is 0.437. The standard InChI is InChI=1S/C33H29ClN2/c34-29-23-21-28(22-24-29)32(35-30-19-11-4-12-20-30)33(27-17-9-3-10-18-27)36-31(25-13-5-1-6-14-25)26-15-7-2-8-16-26/h1-24,31-33,35-36H/t32-,33+/m0/s1. The molecule has 178 valence electrons. The lowest BCUT2D eigenvalue weighted by atomic mass is 9.90. The van der Waals surface area contributed by atoms with Crippen LogP contribution in [0.1, 0.15) is 40.4 Å². The molecule has 0 radical (unpaired) electrons. The first-order valence-electron chi connectivity index (χ1n) is 12.3. The molecule has 0 fully saturated rings. The van der Waals surface area contributed by atoms with Crippen LogP contribution in [0.15, 0.2) is 146 Å². The molecule has 3 heteroatoms. The molecule has 0 amide bonds. The van der Waals surface area contributed by atoms with Crippen LogP contribution in [0.5, 0.6) is 0 Å². The van der Waals surface area contributed by atoms with Gasteiger partial charge < -0.3 is 5.32 Å². The molecule has 5 aromatic carbocycles. The average molecular weight is 489 g/mol.